The minimum Gasteiger partial charge on any atom is -0.378 e. The van der Waals surface area contributed by atoms with Crippen LogP contribution in [0.5, 0.6) is 0 Å². The summed E-state index contributed by atoms with van der Waals surface area (Å²) in [5.41, 5.74) is 1.47. The molecule has 0 atom stereocenters. The van der Waals surface area contributed by atoms with Crippen LogP contribution in [0.2, 0.25) is 0 Å². The maximum atomic E-state index is 5.46. The van der Waals surface area contributed by atoms with E-state index in [0.29, 0.717) is 0 Å². The van der Waals surface area contributed by atoms with Gasteiger partial charge < -0.3 is 4.74 Å². The van der Waals surface area contributed by atoms with Crippen LogP contribution in [0.4, 0.5) is 0 Å². The molecule has 76 valence electrons. The quantitative estimate of drug-likeness (QED) is 0.621. The fraction of sp³-hybridized carbons (Fsp3) is 0.818. The highest BCUT2D eigenvalue weighted by Crippen LogP contribution is 2.19. The van der Waals surface area contributed by atoms with E-state index in [1.165, 1.54) is 5.57 Å². The summed E-state index contributed by atoms with van der Waals surface area (Å²) in [7, 11) is 0. The zero-order chi connectivity index (χ0) is 9.90. The van der Waals surface area contributed by atoms with Crippen molar-refractivity contribution >= 4 is 0 Å². The van der Waals surface area contributed by atoms with Crippen LogP contribution >= 0.6 is 0 Å². The minimum atomic E-state index is 0.202. The molecule has 1 rings (SSSR count). The molecule has 0 N–H and O–H groups in total. The molecule has 2 heteroatoms. The number of hydrogen-bond donors (Lipinski definition) is 0. The molecule has 1 fully saturated rings. The Labute approximate surface area is 81.6 Å². The second kappa shape index (κ2) is 4.25. The lowest BCUT2D eigenvalue weighted by Crippen LogP contribution is -2.53. The third-order valence-electron chi connectivity index (χ3n) is 2.63. The van der Waals surface area contributed by atoms with Gasteiger partial charge >= 0.3 is 0 Å². The molecular formula is C11H21NO. The Hall–Kier alpha value is -0.340. The summed E-state index contributed by atoms with van der Waals surface area (Å²) >= 11 is 0. The molecule has 13 heavy (non-hydrogen) atoms. The van der Waals surface area contributed by atoms with Crippen LogP contribution in [0.3, 0.4) is 0 Å². The van der Waals surface area contributed by atoms with E-state index < -0.39 is 0 Å². The van der Waals surface area contributed by atoms with Crippen LogP contribution in [0.25, 0.3) is 0 Å². The molecule has 1 saturated heterocycles. The zero-order valence-corrected chi connectivity index (χ0v) is 9.10. The summed E-state index contributed by atoms with van der Waals surface area (Å²) in [5, 5.41) is 0. The fourth-order valence-electron chi connectivity index (χ4n) is 1.63. The second-order valence-electron chi connectivity index (χ2n) is 4.56. The molecule has 0 aliphatic carbocycles. The van der Waals surface area contributed by atoms with Crippen molar-refractivity contribution in [3.63, 3.8) is 0 Å². The van der Waals surface area contributed by atoms with Crippen molar-refractivity contribution in [2.24, 2.45) is 0 Å². The third-order valence-corrected chi connectivity index (χ3v) is 2.63. The predicted octanol–water partition coefficient (Wildman–Crippen LogP) is 2.06. The molecule has 0 unspecified atom stereocenters. The van der Waals surface area contributed by atoms with Crippen LogP contribution in [-0.4, -0.2) is 36.7 Å². The SMILES string of the molecule is C=C(C)CCN1CCOCC1(C)C. The molecule has 0 amide bonds. The number of ether oxygens (including phenoxy) is 1. The van der Waals surface area contributed by atoms with Crippen LogP contribution in [0, 0.1) is 0 Å². The van der Waals surface area contributed by atoms with Gasteiger partial charge in [-0.25, -0.2) is 0 Å². The largest absolute Gasteiger partial charge is 0.378 e. The van der Waals surface area contributed by atoms with Gasteiger partial charge in [0.1, 0.15) is 0 Å². The molecule has 1 aliphatic rings. The Bertz CT molecular complexity index is 187. The molecular weight excluding hydrogens is 162 g/mol. The van der Waals surface area contributed by atoms with Crippen molar-refractivity contribution in [3.8, 4) is 0 Å². The summed E-state index contributed by atoms with van der Waals surface area (Å²) in [6.45, 7) is 14.4. The topological polar surface area (TPSA) is 12.5 Å². The van der Waals surface area contributed by atoms with Gasteiger partial charge in [-0.15, -0.1) is 6.58 Å². The summed E-state index contributed by atoms with van der Waals surface area (Å²) in [6, 6.07) is 0. The van der Waals surface area contributed by atoms with E-state index in [1.807, 2.05) is 0 Å². The smallest absolute Gasteiger partial charge is 0.0645 e. The van der Waals surface area contributed by atoms with E-state index in [-0.39, 0.29) is 5.54 Å². The highest BCUT2D eigenvalue weighted by molar-refractivity contribution is 4.92. The van der Waals surface area contributed by atoms with Gasteiger partial charge in [-0.3, -0.25) is 4.90 Å². The molecule has 0 spiro atoms. The van der Waals surface area contributed by atoms with Crippen molar-refractivity contribution in [3.05, 3.63) is 12.2 Å². The van der Waals surface area contributed by atoms with Gasteiger partial charge in [0.15, 0.2) is 0 Å². The standard InChI is InChI=1S/C11H21NO/c1-10(2)5-6-12-7-8-13-9-11(12,3)4/h1,5-9H2,2-4H3. The Morgan fingerprint density at radius 3 is 2.77 bits per heavy atom. The van der Waals surface area contributed by atoms with E-state index in [0.717, 1.165) is 32.7 Å². The first kappa shape index (κ1) is 10.7. The van der Waals surface area contributed by atoms with Crippen LogP contribution < -0.4 is 0 Å². The summed E-state index contributed by atoms with van der Waals surface area (Å²) < 4.78 is 5.46. The maximum Gasteiger partial charge on any atom is 0.0645 e. The van der Waals surface area contributed by atoms with E-state index in [2.05, 4.69) is 32.3 Å². The average Bonchev–Trinajstić information content (AvgIpc) is 2.01. The van der Waals surface area contributed by atoms with Crippen LogP contribution in [0.15, 0.2) is 12.2 Å². The van der Waals surface area contributed by atoms with Gasteiger partial charge in [0.05, 0.1) is 13.2 Å². The third kappa shape index (κ3) is 3.12. The number of rotatable bonds is 3. The van der Waals surface area contributed by atoms with Crippen LogP contribution in [-0.2, 0) is 4.74 Å². The van der Waals surface area contributed by atoms with Gasteiger partial charge in [0.25, 0.3) is 0 Å². The van der Waals surface area contributed by atoms with Gasteiger partial charge in [-0.1, -0.05) is 5.57 Å². The lowest BCUT2D eigenvalue weighted by Gasteiger charge is -2.42. The van der Waals surface area contributed by atoms with E-state index >= 15 is 0 Å². The number of hydrogen-bond acceptors (Lipinski definition) is 2. The van der Waals surface area contributed by atoms with Crippen molar-refractivity contribution in [2.45, 2.75) is 32.7 Å². The van der Waals surface area contributed by atoms with Gasteiger partial charge in [0, 0.05) is 18.6 Å². The monoisotopic (exact) mass is 183 g/mol. The zero-order valence-electron chi connectivity index (χ0n) is 9.10. The summed E-state index contributed by atoms with van der Waals surface area (Å²) in [4.78, 5) is 2.49. The first-order valence-electron chi connectivity index (χ1n) is 4.99. The predicted molar refractivity (Wildman–Crippen MR) is 55.9 cm³/mol. The Morgan fingerprint density at radius 1 is 1.54 bits per heavy atom. The first-order valence-corrected chi connectivity index (χ1v) is 4.99. The lowest BCUT2D eigenvalue weighted by atomic mass is 10.0. The molecule has 1 heterocycles. The minimum absolute atomic E-state index is 0.202. The fourth-order valence-corrected chi connectivity index (χ4v) is 1.63. The molecule has 2 nitrogen and oxygen atoms in total. The van der Waals surface area contributed by atoms with E-state index in [4.69, 9.17) is 4.74 Å². The highest BCUT2D eigenvalue weighted by atomic mass is 16.5. The van der Waals surface area contributed by atoms with Gasteiger partial charge in [-0.05, 0) is 27.2 Å². The number of nitrogens with zero attached hydrogens (tertiary/aromatic N) is 1. The average molecular weight is 183 g/mol. The van der Waals surface area contributed by atoms with Gasteiger partial charge in [-0.2, -0.15) is 0 Å². The second-order valence-corrected chi connectivity index (χ2v) is 4.56. The lowest BCUT2D eigenvalue weighted by molar-refractivity contribution is -0.0501. The molecule has 0 aromatic rings. The molecule has 0 aromatic heterocycles. The van der Waals surface area contributed by atoms with Gasteiger partial charge in [0.2, 0.25) is 0 Å². The molecule has 0 bridgehead atoms. The van der Waals surface area contributed by atoms with Crippen molar-refractivity contribution in [1.29, 1.82) is 0 Å². The van der Waals surface area contributed by atoms with Crippen LogP contribution in [0.1, 0.15) is 27.2 Å². The molecule has 0 radical (unpaired) electrons. The highest BCUT2D eigenvalue weighted by Gasteiger charge is 2.29. The molecule has 0 saturated carbocycles. The number of morpholine rings is 1. The van der Waals surface area contributed by atoms with E-state index in [9.17, 15) is 0 Å². The van der Waals surface area contributed by atoms with Crippen molar-refractivity contribution < 1.29 is 4.74 Å². The molecule has 0 aromatic carbocycles. The van der Waals surface area contributed by atoms with Crippen molar-refractivity contribution in [1.82, 2.24) is 4.90 Å². The van der Waals surface area contributed by atoms with Crippen molar-refractivity contribution in [2.75, 3.05) is 26.3 Å². The summed E-state index contributed by atoms with van der Waals surface area (Å²) in [6.07, 6.45) is 1.10. The van der Waals surface area contributed by atoms with E-state index in [1.54, 1.807) is 0 Å². The maximum absolute atomic E-state index is 5.46. The summed E-state index contributed by atoms with van der Waals surface area (Å²) in [5.74, 6) is 0. The normalized spacial score (nSPS) is 23.0. The Kier molecular flexibility index (Phi) is 3.51. The first-order chi connectivity index (χ1) is 6.02. The Morgan fingerprint density at radius 2 is 2.23 bits per heavy atom. The molecule has 1 aliphatic heterocycles. The Balaban J connectivity index is 2.41.